The van der Waals surface area contributed by atoms with Gasteiger partial charge in [-0.25, -0.2) is 0 Å². The summed E-state index contributed by atoms with van der Waals surface area (Å²) in [5.41, 5.74) is 17.8. The van der Waals surface area contributed by atoms with E-state index in [-0.39, 0.29) is 0 Å². The van der Waals surface area contributed by atoms with E-state index in [1.807, 2.05) is 55.4 Å². The number of anilines is 6. The van der Waals surface area contributed by atoms with Crippen molar-refractivity contribution in [1.82, 2.24) is 0 Å². The molecule has 0 aliphatic carbocycles. The molecule has 0 fully saturated rings. The molecule has 56 heavy (non-hydrogen) atoms. The van der Waals surface area contributed by atoms with E-state index in [0.717, 1.165) is 0 Å². The summed E-state index contributed by atoms with van der Waals surface area (Å²) < 4.78 is 0. The Bertz CT molecular complexity index is 2040. The highest BCUT2D eigenvalue weighted by Gasteiger charge is 2.27. The van der Waals surface area contributed by atoms with Gasteiger partial charge in [0.05, 0.1) is 11.4 Å². The SMILES string of the molecule is CC.CC.CC.CC.Cc1c(N(c2ccccc2)c2ccccc2)c(C)c2c(C)c3c(C)c(C)c(N(c4ccccc4)c4ccccc4)c(C)c3c(C)c2c1C. The van der Waals surface area contributed by atoms with Gasteiger partial charge in [0.25, 0.3) is 0 Å². The summed E-state index contributed by atoms with van der Waals surface area (Å²) in [4.78, 5) is 4.89. The minimum Gasteiger partial charge on any atom is -0.310 e. The fourth-order valence-electron chi connectivity index (χ4n) is 8.20. The Morgan fingerprint density at radius 1 is 0.232 bits per heavy atom. The standard InChI is InChI=1S/C46H44N2.4C2H6/c1-29-31(3)45(47(37-21-13-9-14-22-37)38-23-15-10-16-24-38)35(7)43-34(6)42-30(2)32(4)46(36(8)44(42)33(5)41(29)43)48(39-25-17-11-18-26-39)40-27-19-12-20-28-40;4*1-2/h9-28H,1-8H3;4*1-2H3. The molecule has 0 aliphatic heterocycles. The molecule has 0 spiro atoms. The van der Waals surface area contributed by atoms with Gasteiger partial charge in [-0.3, -0.25) is 0 Å². The van der Waals surface area contributed by atoms with Crippen LogP contribution >= 0.6 is 0 Å². The van der Waals surface area contributed by atoms with Crippen LogP contribution in [-0.2, 0) is 0 Å². The molecule has 0 amide bonds. The van der Waals surface area contributed by atoms with Crippen LogP contribution in [0.25, 0.3) is 21.5 Å². The maximum Gasteiger partial charge on any atom is 0.0529 e. The van der Waals surface area contributed by atoms with E-state index >= 15 is 0 Å². The predicted octanol–water partition coefficient (Wildman–Crippen LogP) is 17.5. The van der Waals surface area contributed by atoms with Crippen molar-refractivity contribution in [2.75, 3.05) is 9.80 Å². The van der Waals surface area contributed by atoms with Crippen molar-refractivity contribution < 1.29 is 0 Å². The highest BCUT2D eigenvalue weighted by Crippen LogP contribution is 2.50. The molecule has 0 saturated carbocycles. The molecule has 0 aliphatic rings. The molecular weight excluding hydrogens is 677 g/mol. The molecule has 294 valence electrons. The molecule has 0 atom stereocenters. The molecule has 0 radical (unpaired) electrons. The lowest BCUT2D eigenvalue weighted by Crippen LogP contribution is -2.15. The summed E-state index contributed by atoms with van der Waals surface area (Å²) in [5, 5.41) is 5.49. The van der Waals surface area contributed by atoms with Crippen LogP contribution < -0.4 is 9.80 Å². The van der Waals surface area contributed by atoms with Crippen molar-refractivity contribution >= 4 is 55.7 Å². The van der Waals surface area contributed by atoms with Gasteiger partial charge in [0.1, 0.15) is 0 Å². The van der Waals surface area contributed by atoms with Crippen LogP contribution in [-0.4, -0.2) is 0 Å². The van der Waals surface area contributed by atoms with Gasteiger partial charge in [-0.1, -0.05) is 128 Å². The van der Waals surface area contributed by atoms with Crippen LogP contribution in [0.15, 0.2) is 121 Å². The van der Waals surface area contributed by atoms with Crippen molar-refractivity contribution in [1.29, 1.82) is 0 Å². The molecule has 0 aromatic heterocycles. The van der Waals surface area contributed by atoms with E-state index < -0.39 is 0 Å². The van der Waals surface area contributed by atoms with Gasteiger partial charge >= 0.3 is 0 Å². The highest BCUT2D eigenvalue weighted by atomic mass is 15.2. The molecule has 7 aromatic rings. The smallest absolute Gasteiger partial charge is 0.0529 e. The minimum absolute atomic E-state index is 1.17. The van der Waals surface area contributed by atoms with Crippen molar-refractivity contribution in [2.45, 2.75) is 111 Å². The average molecular weight is 745 g/mol. The number of hydrogen-bond donors (Lipinski definition) is 0. The number of rotatable bonds is 6. The Labute approximate surface area is 340 Å². The van der Waals surface area contributed by atoms with Crippen molar-refractivity contribution in [3.05, 3.63) is 166 Å². The molecule has 0 bridgehead atoms. The fourth-order valence-corrected chi connectivity index (χ4v) is 8.20. The highest BCUT2D eigenvalue weighted by molar-refractivity contribution is 6.14. The number of fused-ring (bicyclic) bond motifs is 2. The van der Waals surface area contributed by atoms with Crippen molar-refractivity contribution in [3.8, 4) is 0 Å². The van der Waals surface area contributed by atoms with Crippen LogP contribution in [0.2, 0.25) is 0 Å². The van der Waals surface area contributed by atoms with E-state index in [4.69, 9.17) is 0 Å². The van der Waals surface area contributed by atoms with Gasteiger partial charge in [-0.05, 0) is 170 Å². The Kier molecular flexibility index (Phi) is 17.0. The Morgan fingerprint density at radius 2 is 0.429 bits per heavy atom. The first-order chi connectivity index (χ1) is 27.2. The fraction of sp³-hybridized carbons (Fsp3) is 0.296. The summed E-state index contributed by atoms with van der Waals surface area (Å²) in [6, 6.07) is 43.2. The summed E-state index contributed by atoms with van der Waals surface area (Å²) in [6.07, 6.45) is 0. The average Bonchev–Trinajstić information content (AvgIpc) is 3.26. The van der Waals surface area contributed by atoms with Crippen LogP contribution in [0.5, 0.6) is 0 Å². The maximum absolute atomic E-state index is 2.44. The summed E-state index contributed by atoms with van der Waals surface area (Å²) in [6.45, 7) is 34.6. The van der Waals surface area contributed by atoms with E-state index in [9.17, 15) is 0 Å². The third-order valence-electron chi connectivity index (χ3n) is 10.6. The second-order valence-corrected chi connectivity index (χ2v) is 13.2. The summed E-state index contributed by atoms with van der Waals surface area (Å²) in [5.74, 6) is 0. The third kappa shape index (κ3) is 8.41. The molecule has 0 N–H and O–H groups in total. The zero-order chi connectivity index (χ0) is 41.7. The molecule has 2 nitrogen and oxygen atoms in total. The zero-order valence-electron chi connectivity index (χ0n) is 37.4. The lowest BCUT2D eigenvalue weighted by Gasteiger charge is -2.33. The molecule has 0 heterocycles. The molecular formula is C54H68N2. The summed E-state index contributed by atoms with van der Waals surface area (Å²) >= 11 is 0. The van der Waals surface area contributed by atoms with Crippen molar-refractivity contribution in [2.24, 2.45) is 0 Å². The van der Waals surface area contributed by atoms with Gasteiger partial charge in [0, 0.05) is 22.7 Å². The number of para-hydroxylation sites is 4. The van der Waals surface area contributed by atoms with Crippen LogP contribution in [0.4, 0.5) is 34.1 Å². The monoisotopic (exact) mass is 745 g/mol. The molecule has 7 aromatic carbocycles. The normalized spacial score (nSPS) is 10.1. The second kappa shape index (κ2) is 21.1. The van der Waals surface area contributed by atoms with Gasteiger partial charge in [-0.2, -0.15) is 0 Å². The Morgan fingerprint density at radius 3 is 0.643 bits per heavy atom. The summed E-state index contributed by atoms with van der Waals surface area (Å²) in [7, 11) is 0. The van der Waals surface area contributed by atoms with Crippen LogP contribution in [0.1, 0.15) is 99.9 Å². The third-order valence-corrected chi connectivity index (χ3v) is 10.6. The van der Waals surface area contributed by atoms with E-state index in [0.29, 0.717) is 0 Å². The quantitative estimate of drug-likeness (QED) is 0.156. The minimum atomic E-state index is 1.17. The first-order valence-electron chi connectivity index (χ1n) is 21.0. The number of hydrogen-bond acceptors (Lipinski definition) is 2. The second-order valence-electron chi connectivity index (χ2n) is 13.2. The van der Waals surface area contributed by atoms with Gasteiger partial charge in [0.15, 0.2) is 0 Å². The van der Waals surface area contributed by atoms with Gasteiger partial charge in [-0.15, -0.1) is 0 Å². The molecule has 0 unspecified atom stereocenters. The zero-order valence-corrected chi connectivity index (χ0v) is 37.4. The maximum atomic E-state index is 2.44. The number of aryl methyl sites for hydroxylation is 6. The lowest BCUT2D eigenvalue weighted by atomic mass is 9.81. The van der Waals surface area contributed by atoms with E-state index in [1.54, 1.807) is 0 Å². The topological polar surface area (TPSA) is 6.48 Å². The van der Waals surface area contributed by atoms with Gasteiger partial charge < -0.3 is 9.80 Å². The number of nitrogens with zero attached hydrogens (tertiary/aromatic N) is 2. The molecule has 0 saturated heterocycles. The van der Waals surface area contributed by atoms with E-state index in [2.05, 4.69) is 187 Å². The largest absolute Gasteiger partial charge is 0.310 e. The first-order valence-corrected chi connectivity index (χ1v) is 21.0. The molecule has 7 rings (SSSR count). The van der Waals surface area contributed by atoms with Crippen molar-refractivity contribution in [3.63, 3.8) is 0 Å². The predicted molar refractivity (Wildman–Crippen MR) is 254 cm³/mol. The Balaban J connectivity index is 0.000000989. The molecule has 2 heteroatoms. The van der Waals surface area contributed by atoms with Crippen LogP contribution in [0, 0.1) is 55.4 Å². The Hall–Kier alpha value is -5.34. The van der Waals surface area contributed by atoms with E-state index in [1.165, 1.54) is 100 Å². The van der Waals surface area contributed by atoms with Gasteiger partial charge in [0.2, 0.25) is 0 Å². The first kappa shape index (κ1) is 45.1. The number of benzene rings is 7. The van der Waals surface area contributed by atoms with Crippen LogP contribution in [0.3, 0.4) is 0 Å². The lowest BCUT2D eigenvalue weighted by molar-refractivity contribution is 1.20.